The molecule has 1 rings (SSSR count). The molecule has 1 N–H and O–H groups in total. The lowest BCUT2D eigenvalue weighted by molar-refractivity contribution is 0.402. The molecule has 1 aromatic carbocycles. The zero-order valence-electron chi connectivity index (χ0n) is 10.3. The normalized spacial score (nSPS) is 13.1. The number of hydrogen-bond acceptors (Lipinski definition) is 2. The average Bonchev–Trinajstić information content (AvgIpc) is 2.27. The molecular formula is C14H20N2. The number of benzene rings is 1. The second-order valence-electron chi connectivity index (χ2n) is 4.81. The Hall–Kier alpha value is -1.33. The van der Waals surface area contributed by atoms with Gasteiger partial charge in [-0.3, -0.25) is 5.32 Å². The van der Waals surface area contributed by atoms with Crippen LogP contribution in [0.2, 0.25) is 0 Å². The van der Waals surface area contributed by atoms with Gasteiger partial charge in [-0.25, -0.2) is 0 Å². The molecule has 0 saturated heterocycles. The van der Waals surface area contributed by atoms with Gasteiger partial charge in [0.2, 0.25) is 0 Å². The SMILES string of the molecule is C[C@H](CCc1ccccc1)NC(C)(C)C#N. The molecule has 0 unspecified atom stereocenters. The molecule has 0 heterocycles. The highest BCUT2D eigenvalue weighted by atomic mass is 15.0. The fourth-order valence-electron chi connectivity index (χ4n) is 1.75. The molecule has 1 atom stereocenters. The van der Waals surface area contributed by atoms with E-state index in [2.05, 4.69) is 42.6 Å². The Labute approximate surface area is 98.3 Å². The Morgan fingerprint density at radius 2 is 1.94 bits per heavy atom. The van der Waals surface area contributed by atoms with E-state index in [9.17, 15) is 0 Å². The molecule has 16 heavy (non-hydrogen) atoms. The fraction of sp³-hybridized carbons (Fsp3) is 0.500. The first kappa shape index (κ1) is 12.7. The summed E-state index contributed by atoms with van der Waals surface area (Å²) in [7, 11) is 0. The van der Waals surface area contributed by atoms with Gasteiger partial charge in [0, 0.05) is 6.04 Å². The second-order valence-corrected chi connectivity index (χ2v) is 4.81. The van der Waals surface area contributed by atoms with E-state index in [0.29, 0.717) is 6.04 Å². The predicted molar refractivity (Wildman–Crippen MR) is 67.1 cm³/mol. The van der Waals surface area contributed by atoms with Gasteiger partial charge >= 0.3 is 0 Å². The van der Waals surface area contributed by atoms with Crippen molar-refractivity contribution in [2.75, 3.05) is 0 Å². The molecule has 1 aromatic rings. The first-order valence-corrected chi connectivity index (χ1v) is 5.76. The average molecular weight is 216 g/mol. The molecule has 0 radical (unpaired) electrons. The van der Waals surface area contributed by atoms with E-state index >= 15 is 0 Å². The van der Waals surface area contributed by atoms with Crippen molar-refractivity contribution in [1.82, 2.24) is 5.32 Å². The summed E-state index contributed by atoms with van der Waals surface area (Å²) in [6.45, 7) is 5.94. The van der Waals surface area contributed by atoms with Gasteiger partial charge in [0.1, 0.15) is 5.54 Å². The monoisotopic (exact) mass is 216 g/mol. The van der Waals surface area contributed by atoms with Gasteiger partial charge in [-0.05, 0) is 39.2 Å². The molecule has 0 aliphatic rings. The van der Waals surface area contributed by atoms with E-state index in [4.69, 9.17) is 5.26 Å². The van der Waals surface area contributed by atoms with Crippen LogP contribution >= 0.6 is 0 Å². The minimum atomic E-state index is -0.434. The molecule has 2 heteroatoms. The molecule has 86 valence electrons. The standard InChI is InChI=1S/C14H20N2/c1-12(16-14(2,3)11-15)9-10-13-7-5-4-6-8-13/h4-8,12,16H,9-10H2,1-3H3/t12-/m1/s1. The number of nitrogens with one attached hydrogen (secondary N) is 1. The predicted octanol–water partition coefficient (Wildman–Crippen LogP) is 2.90. The van der Waals surface area contributed by atoms with Crippen LogP contribution in [-0.2, 0) is 6.42 Å². The summed E-state index contributed by atoms with van der Waals surface area (Å²) in [5, 5.41) is 12.2. The first-order valence-electron chi connectivity index (χ1n) is 5.76. The Kier molecular flexibility index (Phi) is 4.52. The van der Waals surface area contributed by atoms with Crippen molar-refractivity contribution in [2.45, 2.75) is 45.2 Å². The smallest absolute Gasteiger partial charge is 0.101 e. The Morgan fingerprint density at radius 1 is 1.31 bits per heavy atom. The van der Waals surface area contributed by atoms with E-state index in [1.807, 2.05) is 19.9 Å². The maximum Gasteiger partial charge on any atom is 0.101 e. The van der Waals surface area contributed by atoms with E-state index < -0.39 is 5.54 Å². The van der Waals surface area contributed by atoms with Crippen molar-refractivity contribution >= 4 is 0 Å². The summed E-state index contributed by atoms with van der Waals surface area (Å²) >= 11 is 0. The van der Waals surface area contributed by atoms with E-state index in [0.717, 1.165) is 12.8 Å². The lowest BCUT2D eigenvalue weighted by Gasteiger charge is -2.23. The van der Waals surface area contributed by atoms with Crippen LogP contribution in [0.5, 0.6) is 0 Å². The maximum atomic E-state index is 8.92. The number of aryl methyl sites for hydroxylation is 1. The molecular weight excluding hydrogens is 196 g/mol. The van der Waals surface area contributed by atoms with Crippen LogP contribution in [0.25, 0.3) is 0 Å². The van der Waals surface area contributed by atoms with Gasteiger partial charge in [0.25, 0.3) is 0 Å². The number of nitrogens with zero attached hydrogens (tertiary/aromatic N) is 1. The zero-order chi connectivity index (χ0) is 12.0. The molecule has 0 aliphatic carbocycles. The van der Waals surface area contributed by atoms with Crippen LogP contribution in [0.4, 0.5) is 0 Å². The third kappa shape index (κ3) is 4.46. The molecule has 0 saturated carbocycles. The highest BCUT2D eigenvalue weighted by Gasteiger charge is 2.18. The summed E-state index contributed by atoms with van der Waals surface area (Å²) in [6.07, 6.45) is 2.10. The van der Waals surface area contributed by atoms with Crippen molar-refractivity contribution in [3.05, 3.63) is 35.9 Å². The third-order valence-electron chi connectivity index (χ3n) is 2.60. The minimum Gasteiger partial charge on any atom is -0.297 e. The Bertz CT molecular complexity index is 349. The van der Waals surface area contributed by atoms with E-state index in [1.54, 1.807) is 0 Å². The van der Waals surface area contributed by atoms with Crippen molar-refractivity contribution in [3.63, 3.8) is 0 Å². The number of hydrogen-bond donors (Lipinski definition) is 1. The molecule has 0 amide bonds. The van der Waals surface area contributed by atoms with Gasteiger partial charge in [-0.1, -0.05) is 30.3 Å². The van der Waals surface area contributed by atoms with Gasteiger partial charge in [-0.2, -0.15) is 5.26 Å². The van der Waals surface area contributed by atoms with Crippen LogP contribution < -0.4 is 5.32 Å². The highest BCUT2D eigenvalue weighted by Crippen LogP contribution is 2.08. The zero-order valence-corrected chi connectivity index (χ0v) is 10.3. The molecule has 2 nitrogen and oxygen atoms in total. The highest BCUT2D eigenvalue weighted by molar-refractivity contribution is 5.14. The molecule has 0 bridgehead atoms. The van der Waals surface area contributed by atoms with Gasteiger partial charge in [0.15, 0.2) is 0 Å². The van der Waals surface area contributed by atoms with Crippen molar-refractivity contribution < 1.29 is 0 Å². The lowest BCUT2D eigenvalue weighted by atomic mass is 10.0. The van der Waals surface area contributed by atoms with Crippen molar-refractivity contribution in [1.29, 1.82) is 5.26 Å². The number of rotatable bonds is 5. The summed E-state index contributed by atoms with van der Waals surface area (Å²) in [4.78, 5) is 0. The Balaban J connectivity index is 2.37. The van der Waals surface area contributed by atoms with Crippen molar-refractivity contribution in [3.8, 4) is 6.07 Å². The molecule has 0 fully saturated rings. The van der Waals surface area contributed by atoms with Crippen LogP contribution in [0.1, 0.15) is 32.8 Å². The van der Waals surface area contributed by atoms with Gasteiger partial charge in [0.05, 0.1) is 6.07 Å². The third-order valence-corrected chi connectivity index (χ3v) is 2.60. The summed E-state index contributed by atoms with van der Waals surface area (Å²) in [5.41, 5.74) is 0.918. The van der Waals surface area contributed by atoms with Crippen LogP contribution in [0.15, 0.2) is 30.3 Å². The van der Waals surface area contributed by atoms with Crippen LogP contribution in [0, 0.1) is 11.3 Å². The van der Waals surface area contributed by atoms with Gasteiger partial charge in [-0.15, -0.1) is 0 Å². The summed E-state index contributed by atoms with van der Waals surface area (Å²) < 4.78 is 0. The number of nitriles is 1. The molecule has 0 spiro atoms. The van der Waals surface area contributed by atoms with E-state index in [1.165, 1.54) is 5.56 Å². The fourth-order valence-corrected chi connectivity index (χ4v) is 1.75. The van der Waals surface area contributed by atoms with Gasteiger partial charge < -0.3 is 0 Å². The summed E-state index contributed by atoms with van der Waals surface area (Å²) in [6, 6.07) is 13.1. The molecule has 0 aromatic heterocycles. The second kappa shape index (κ2) is 5.67. The Morgan fingerprint density at radius 3 is 2.50 bits per heavy atom. The van der Waals surface area contributed by atoms with Crippen molar-refractivity contribution in [2.24, 2.45) is 0 Å². The summed E-state index contributed by atoms with van der Waals surface area (Å²) in [5.74, 6) is 0. The van der Waals surface area contributed by atoms with Crippen LogP contribution in [-0.4, -0.2) is 11.6 Å². The van der Waals surface area contributed by atoms with Crippen LogP contribution in [0.3, 0.4) is 0 Å². The topological polar surface area (TPSA) is 35.8 Å². The quantitative estimate of drug-likeness (QED) is 0.821. The molecule has 0 aliphatic heterocycles. The minimum absolute atomic E-state index is 0.356. The lowest BCUT2D eigenvalue weighted by Crippen LogP contribution is -2.43. The first-order chi connectivity index (χ1) is 7.53. The largest absolute Gasteiger partial charge is 0.297 e. The maximum absolute atomic E-state index is 8.92. The van der Waals surface area contributed by atoms with E-state index in [-0.39, 0.29) is 0 Å².